The Hall–Kier alpha value is -2.29. The van der Waals surface area contributed by atoms with Crippen molar-refractivity contribution in [1.29, 1.82) is 0 Å². The fraction of sp³-hybridized carbons (Fsp3) is 0.316. The number of aryl methyl sites for hydroxylation is 2. The minimum absolute atomic E-state index is 0.267. The average Bonchev–Trinajstić information content (AvgIpc) is 2.48. The summed E-state index contributed by atoms with van der Waals surface area (Å²) in [5, 5.41) is 6.86. The SMILES string of the molecule is C/C(=N\N(c1ccc(C)cc1)C(C)C)c1cc(C)ccc1N. The van der Waals surface area contributed by atoms with E-state index in [0.717, 1.165) is 22.6 Å². The number of hydrazone groups is 1. The summed E-state index contributed by atoms with van der Waals surface area (Å²) in [6.07, 6.45) is 0. The Balaban J connectivity index is 2.41. The third kappa shape index (κ3) is 3.67. The summed E-state index contributed by atoms with van der Waals surface area (Å²) in [6.45, 7) is 10.4. The number of nitrogens with two attached hydrogens (primary N) is 1. The summed E-state index contributed by atoms with van der Waals surface area (Å²) in [5.41, 5.74) is 12.3. The molecule has 2 aromatic rings. The molecule has 0 unspecified atom stereocenters. The zero-order valence-electron chi connectivity index (χ0n) is 14.1. The first-order valence-electron chi connectivity index (χ1n) is 7.66. The van der Waals surface area contributed by atoms with Gasteiger partial charge < -0.3 is 5.73 Å². The molecule has 0 aromatic heterocycles. The molecule has 0 bridgehead atoms. The lowest BCUT2D eigenvalue weighted by atomic mass is 10.1. The van der Waals surface area contributed by atoms with Gasteiger partial charge in [-0.3, -0.25) is 5.01 Å². The van der Waals surface area contributed by atoms with Crippen molar-refractivity contribution < 1.29 is 0 Å². The smallest absolute Gasteiger partial charge is 0.0671 e. The summed E-state index contributed by atoms with van der Waals surface area (Å²) in [5.74, 6) is 0. The van der Waals surface area contributed by atoms with Gasteiger partial charge in [-0.2, -0.15) is 5.10 Å². The van der Waals surface area contributed by atoms with Crippen molar-refractivity contribution in [3.63, 3.8) is 0 Å². The van der Waals surface area contributed by atoms with Crippen molar-refractivity contribution in [2.45, 2.75) is 40.7 Å². The first-order chi connectivity index (χ1) is 10.4. The summed E-state index contributed by atoms with van der Waals surface area (Å²) in [6, 6.07) is 14.7. The van der Waals surface area contributed by atoms with E-state index in [9.17, 15) is 0 Å². The molecule has 0 amide bonds. The molecule has 116 valence electrons. The van der Waals surface area contributed by atoms with Crippen LogP contribution in [-0.2, 0) is 0 Å². The number of benzene rings is 2. The molecule has 0 saturated heterocycles. The van der Waals surface area contributed by atoms with Gasteiger partial charge in [-0.25, -0.2) is 0 Å². The topological polar surface area (TPSA) is 41.6 Å². The largest absolute Gasteiger partial charge is 0.398 e. The summed E-state index contributed by atoms with van der Waals surface area (Å²) < 4.78 is 0. The molecule has 3 heteroatoms. The predicted molar refractivity (Wildman–Crippen MR) is 96.6 cm³/mol. The fourth-order valence-electron chi connectivity index (χ4n) is 2.37. The van der Waals surface area contributed by atoms with Crippen LogP contribution < -0.4 is 10.7 Å². The van der Waals surface area contributed by atoms with Crippen molar-refractivity contribution in [1.82, 2.24) is 0 Å². The Morgan fingerprint density at radius 2 is 1.59 bits per heavy atom. The molecule has 0 aliphatic carbocycles. The first kappa shape index (κ1) is 16.1. The van der Waals surface area contributed by atoms with Crippen LogP contribution in [0.2, 0.25) is 0 Å². The van der Waals surface area contributed by atoms with E-state index in [4.69, 9.17) is 10.8 Å². The Morgan fingerprint density at radius 3 is 2.18 bits per heavy atom. The second kappa shape index (κ2) is 6.65. The van der Waals surface area contributed by atoms with Crippen LogP contribution in [0, 0.1) is 13.8 Å². The first-order valence-corrected chi connectivity index (χ1v) is 7.66. The van der Waals surface area contributed by atoms with Crippen molar-refractivity contribution >= 4 is 17.1 Å². The van der Waals surface area contributed by atoms with Gasteiger partial charge in [-0.1, -0.05) is 29.3 Å². The van der Waals surface area contributed by atoms with Gasteiger partial charge in [0.15, 0.2) is 0 Å². The lowest BCUT2D eigenvalue weighted by Crippen LogP contribution is -2.26. The zero-order chi connectivity index (χ0) is 16.3. The number of nitrogens with zero attached hydrogens (tertiary/aromatic N) is 2. The molecule has 0 atom stereocenters. The van der Waals surface area contributed by atoms with Crippen molar-refractivity contribution in [3.05, 3.63) is 59.2 Å². The Labute approximate surface area is 133 Å². The number of hydrogen-bond donors (Lipinski definition) is 1. The monoisotopic (exact) mass is 295 g/mol. The van der Waals surface area contributed by atoms with E-state index in [2.05, 4.69) is 58.0 Å². The molecule has 2 rings (SSSR count). The van der Waals surface area contributed by atoms with E-state index in [1.807, 2.05) is 24.1 Å². The van der Waals surface area contributed by atoms with Gasteiger partial charge in [-0.15, -0.1) is 0 Å². The number of hydrogen-bond acceptors (Lipinski definition) is 3. The van der Waals surface area contributed by atoms with Gasteiger partial charge in [0.25, 0.3) is 0 Å². The Kier molecular flexibility index (Phi) is 4.86. The second-order valence-electron chi connectivity index (χ2n) is 6.05. The second-order valence-corrected chi connectivity index (χ2v) is 6.05. The van der Waals surface area contributed by atoms with Gasteiger partial charge in [0.1, 0.15) is 0 Å². The molecule has 2 aromatic carbocycles. The van der Waals surface area contributed by atoms with Crippen LogP contribution in [0.15, 0.2) is 47.6 Å². The Morgan fingerprint density at radius 1 is 1.00 bits per heavy atom. The molecular formula is C19H25N3. The highest BCUT2D eigenvalue weighted by Crippen LogP contribution is 2.21. The quantitative estimate of drug-likeness (QED) is 0.511. The van der Waals surface area contributed by atoms with Gasteiger partial charge in [0.05, 0.1) is 11.4 Å². The van der Waals surface area contributed by atoms with Crippen molar-refractivity contribution in [2.75, 3.05) is 10.7 Å². The Bertz CT molecular complexity index is 670. The van der Waals surface area contributed by atoms with Crippen LogP contribution in [-0.4, -0.2) is 11.8 Å². The lowest BCUT2D eigenvalue weighted by molar-refractivity contribution is 0.713. The lowest BCUT2D eigenvalue weighted by Gasteiger charge is -2.25. The van der Waals surface area contributed by atoms with E-state index >= 15 is 0 Å². The molecule has 0 radical (unpaired) electrons. The van der Waals surface area contributed by atoms with E-state index in [1.54, 1.807) is 0 Å². The molecule has 0 aliphatic heterocycles. The molecule has 0 fully saturated rings. The minimum Gasteiger partial charge on any atom is -0.398 e. The van der Waals surface area contributed by atoms with Crippen molar-refractivity contribution in [2.24, 2.45) is 5.10 Å². The van der Waals surface area contributed by atoms with Gasteiger partial charge >= 0.3 is 0 Å². The van der Waals surface area contributed by atoms with E-state index in [1.165, 1.54) is 11.1 Å². The van der Waals surface area contributed by atoms with Crippen LogP contribution in [0.3, 0.4) is 0 Å². The van der Waals surface area contributed by atoms with Gasteiger partial charge in [0, 0.05) is 17.3 Å². The summed E-state index contributed by atoms with van der Waals surface area (Å²) >= 11 is 0. The fourth-order valence-corrected chi connectivity index (χ4v) is 2.37. The third-order valence-corrected chi connectivity index (χ3v) is 3.64. The van der Waals surface area contributed by atoms with Crippen LogP contribution in [0.4, 0.5) is 11.4 Å². The highest BCUT2D eigenvalue weighted by molar-refractivity contribution is 6.03. The molecule has 0 saturated carbocycles. The molecule has 22 heavy (non-hydrogen) atoms. The van der Waals surface area contributed by atoms with Crippen LogP contribution in [0.5, 0.6) is 0 Å². The van der Waals surface area contributed by atoms with Crippen molar-refractivity contribution in [3.8, 4) is 0 Å². The minimum atomic E-state index is 0.267. The molecule has 0 spiro atoms. The number of nitrogen functional groups attached to an aromatic ring is 1. The molecular weight excluding hydrogens is 270 g/mol. The van der Waals surface area contributed by atoms with E-state index < -0.39 is 0 Å². The number of rotatable bonds is 4. The predicted octanol–water partition coefficient (Wildman–Crippen LogP) is 4.52. The third-order valence-electron chi connectivity index (χ3n) is 3.64. The maximum absolute atomic E-state index is 6.10. The molecule has 0 aliphatic rings. The van der Waals surface area contributed by atoms with Crippen LogP contribution in [0.25, 0.3) is 0 Å². The maximum Gasteiger partial charge on any atom is 0.0671 e. The van der Waals surface area contributed by atoms with Gasteiger partial charge in [0.2, 0.25) is 0 Å². The number of anilines is 2. The van der Waals surface area contributed by atoms with E-state index in [-0.39, 0.29) is 6.04 Å². The standard InChI is InChI=1S/C19H25N3/c1-13(2)22(17-9-6-14(3)7-10-17)21-16(5)18-12-15(4)8-11-19(18)20/h6-13H,20H2,1-5H3/b21-16+. The highest BCUT2D eigenvalue weighted by Gasteiger charge is 2.11. The zero-order valence-corrected chi connectivity index (χ0v) is 14.1. The maximum atomic E-state index is 6.10. The van der Waals surface area contributed by atoms with Gasteiger partial charge in [-0.05, 0) is 58.9 Å². The summed E-state index contributed by atoms with van der Waals surface area (Å²) in [4.78, 5) is 0. The normalized spacial score (nSPS) is 11.8. The highest BCUT2D eigenvalue weighted by atomic mass is 15.5. The molecule has 0 heterocycles. The average molecular weight is 295 g/mol. The summed E-state index contributed by atoms with van der Waals surface area (Å²) in [7, 11) is 0. The van der Waals surface area contributed by atoms with E-state index in [0.29, 0.717) is 0 Å². The molecule has 2 N–H and O–H groups in total. The molecule has 3 nitrogen and oxygen atoms in total. The van der Waals surface area contributed by atoms with Crippen LogP contribution >= 0.6 is 0 Å². The van der Waals surface area contributed by atoms with Crippen LogP contribution in [0.1, 0.15) is 37.5 Å².